The first-order valence-corrected chi connectivity index (χ1v) is 9.38. The Labute approximate surface area is 149 Å². The second kappa shape index (κ2) is 8.27. The number of benzene rings is 2. The van der Waals surface area contributed by atoms with Gasteiger partial charge in [-0.15, -0.1) is 0 Å². The minimum Gasteiger partial charge on any atom is -0.496 e. The molecule has 6 nitrogen and oxygen atoms in total. The van der Waals surface area contributed by atoms with Gasteiger partial charge in [0.1, 0.15) is 5.75 Å². The molecule has 0 saturated heterocycles. The number of rotatable bonds is 7. The molecule has 128 valence electrons. The van der Waals surface area contributed by atoms with Gasteiger partial charge >= 0.3 is 0 Å². The van der Waals surface area contributed by atoms with Crippen LogP contribution < -0.4 is 14.8 Å². The van der Waals surface area contributed by atoms with E-state index in [0.29, 0.717) is 11.3 Å². The number of methoxy groups -OCH3 is 1. The topological polar surface area (TPSA) is 84.5 Å². The van der Waals surface area contributed by atoms with Gasteiger partial charge in [-0.25, -0.2) is 13.1 Å². The molecule has 0 heterocycles. The zero-order chi connectivity index (χ0) is 17.6. The molecule has 2 rings (SSSR count). The first-order chi connectivity index (χ1) is 11.4. The molecule has 0 unspecified atom stereocenters. The normalized spacial score (nSPS) is 11.1. The van der Waals surface area contributed by atoms with E-state index in [0.717, 1.165) is 4.47 Å². The van der Waals surface area contributed by atoms with Crippen molar-refractivity contribution in [2.24, 2.45) is 0 Å². The maximum atomic E-state index is 12.1. The van der Waals surface area contributed by atoms with Crippen molar-refractivity contribution in [1.82, 2.24) is 10.0 Å². The second-order valence-electron chi connectivity index (χ2n) is 4.81. The summed E-state index contributed by atoms with van der Waals surface area (Å²) in [7, 11) is -2.11. The van der Waals surface area contributed by atoms with E-state index in [1.54, 1.807) is 36.4 Å². The predicted molar refractivity (Wildman–Crippen MR) is 94.7 cm³/mol. The third-order valence-electron chi connectivity index (χ3n) is 3.18. The summed E-state index contributed by atoms with van der Waals surface area (Å²) in [5, 5.41) is 2.65. The van der Waals surface area contributed by atoms with E-state index in [-0.39, 0.29) is 23.9 Å². The van der Waals surface area contributed by atoms with Crippen molar-refractivity contribution >= 4 is 31.9 Å². The van der Waals surface area contributed by atoms with E-state index >= 15 is 0 Å². The number of nitrogens with one attached hydrogen (secondary N) is 2. The van der Waals surface area contributed by atoms with E-state index < -0.39 is 10.0 Å². The summed E-state index contributed by atoms with van der Waals surface area (Å²) in [6.07, 6.45) is 0. The molecule has 0 aliphatic heterocycles. The van der Waals surface area contributed by atoms with Crippen LogP contribution >= 0.6 is 15.9 Å². The number of carbonyl (C=O) groups is 1. The average molecular weight is 413 g/mol. The van der Waals surface area contributed by atoms with Crippen molar-refractivity contribution in [3.63, 3.8) is 0 Å². The summed E-state index contributed by atoms with van der Waals surface area (Å²) in [5.74, 6) is 0.140. The van der Waals surface area contributed by atoms with Crippen LogP contribution in [0.3, 0.4) is 0 Å². The van der Waals surface area contributed by atoms with Crippen LogP contribution in [-0.4, -0.2) is 34.5 Å². The fourth-order valence-electron chi connectivity index (χ4n) is 1.99. The fourth-order valence-corrected chi connectivity index (χ4v) is 3.28. The Bertz CT molecular complexity index is 807. The highest BCUT2D eigenvalue weighted by molar-refractivity contribution is 9.10. The van der Waals surface area contributed by atoms with Gasteiger partial charge in [-0.2, -0.15) is 0 Å². The molecule has 0 aliphatic carbocycles. The molecule has 24 heavy (non-hydrogen) atoms. The molecule has 0 radical (unpaired) electrons. The van der Waals surface area contributed by atoms with Gasteiger partial charge in [-0.3, -0.25) is 4.79 Å². The Morgan fingerprint density at radius 1 is 1.08 bits per heavy atom. The Kier molecular flexibility index (Phi) is 6.36. The predicted octanol–water partition coefficient (Wildman–Crippen LogP) is 2.17. The summed E-state index contributed by atoms with van der Waals surface area (Å²) in [6.45, 7) is 0.242. The number of hydrogen-bond donors (Lipinski definition) is 2. The molecule has 0 spiro atoms. The van der Waals surface area contributed by atoms with Gasteiger partial charge in [0.05, 0.1) is 17.6 Å². The zero-order valence-electron chi connectivity index (χ0n) is 13.0. The van der Waals surface area contributed by atoms with E-state index in [4.69, 9.17) is 4.74 Å². The molecule has 1 amide bonds. The van der Waals surface area contributed by atoms with Gasteiger partial charge in [0.15, 0.2) is 0 Å². The number of sulfonamides is 1. The largest absolute Gasteiger partial charge is 0.496 e. The standard InChI is InChI=1S/C16H17BrN2O4S/c1-23-15-5-3-2-4-14(15)16(20)18-10-11-19-24(21,22)13-8-6-12(17)7-9-13/h2-9,19H,10-11H2,1H3,(H,18,20). The first-order valence-electron chi connectivity index (χ1n) is 7.10. The molecule has 0 fully saturated rings. The number of ether oxygens (including phenoxy) is 1. The molecule has 0 bridgehead atoms. The smallest absolute Gasteiger partial charge is 0.255 e. The van der Waals surface area contributed by atoms with Crippen molar-refractivity contribution in [2.75, 3.05) is 20.2 Å². The fraction of sp³-hybridized carbons (Fsp3) is 0.188. The van der Waals surface area contributed by atoms with Crippen LogP contribution in [-0.2, 0) is 10.0 Å². The number of halogens is 1. The quantitative estimate of drug-likeness (QED) is 0.682. The summed E-state index contributed by atoms with van der Waals surface area (Å²) in [5.41, 5.74) is 0.399. The number of hydrogen-bond acceptors (Lipinski definition) is 4. The molecule has 2 N–H and O–H groups in total. The Morgan fingerprint density at radius 2 is 1.75 bits per heavy atom. The third-order valence-corrected chi connectivity index (χ3v) is 5.18. The Balaban J connectivity index is 1.88. The average Bonchev–Trinajstić information content (AvgIpc) is 2.59. The molecule has 8 heteroatoms. The highest BCUT2D eigenvalue weighted by Crippen LogP contribution is 2.17. The molecule has 0 saturated carbocycles. The second-order valence-corrected chi connectivity index (χ2v) is 7.49. The maximum Gasteiger partial charge on any atom is 0.255 e. The van der Waals surface area contributed by atoms with Crippen molar-refractivity contribution < 1.29 is 17.9 Å². The van der Waals surface area contributed by atoms with Crippen LogP contribution in [0.2, 0.25) is 0 Å². The summed E-state index contributed by atoms with van der Waals surface area (Å²) in [4.78, 5) is 12.3. The van der Waals surface area contributed by atoms with Gasteiger partial charge in [0.25, 0.3) is 5.91 Å². The SMILES string of the molecule is COc1ccccc1C(=O)NCCNS(=O)(=O)c1ccc(Br)cc1. The maximum absolute atomic E-state index is 12.1. The molecule has 0 atom stereocenters. The van der Waals surface area contributed by atoms with Gasteiger partial charge in [-0.1, -0.05) is 28.1 Å². The van der Waals surface area contributed by atoms with Crippen molar-refractivity contribution in [3.8, 4) is 5.75 Å². The third kappa shape index (κ3) is 4.80. The molecule has 2 aromatic carbocycles. The highest BCUT2D eigenvalue weighted by atomic mass is 79.9. The summed E-state index contributed by atoms with van der Waals surface area (Å²) < 4.78 is 32.6. The lowest BCUT2D eigenvalue weighted by atomic mass is 10.2. The lowest BCUT2D eigenvalue weighted by Gasteiger charge is -2.10. The summed E-state index contributed by atoms with van der Waals surface area (Å²) in [6, 6.07) is 13.1. The summed E-state index contributed by atoms with van der Waals surface area (Å²) >= 11 is 3.25. The number of amides is 1. The van der Waals surface area contributed by atoms with Crippen LogP contribution in [0.1, 0.15) is 10.4 Å². The van der Waals surface area contributed by atoms with Gasteiger partial charge in [0.2, 0.25) is 10.0 Å². The van der Waals surface area contributed by atoms with Crippen molar-refractivity contribution in [3.05, 3.63) is 58.6 Å². The van der Waals surface area contributed by atoms with Crippen LogP contribution in [0.15, 0.2) is 57.9 Å². The Morgan fingerprint density at radius 3 is 2.42 bits per heavy atom. The molecular formula is C16H17BrN2O4S. The van der Waals surface area contributed by atoms with E-state index in [9.17, 15) is 13.2 Å². The highest BCUT2D eigenvalue weighted by Gasteiger charge is 2.14. The zero-order valence-corrected chi connectivity index (χ0v) is 15.4. The minimum atomic E-state index is -3.60. The van der Waals surface area contributed by atoms with Gasteiger partial charge in [0, 0.05) is 17.6 Å². The number of para-hydroxylation sites is 1. The van der Waals surface area contributed by atoms with Crippen molar-refractivity contribution in [2.45, 2.75) is 4.90 Å². The molecule has 2 aromatic rings. The minimum absolute atomic E-state index is 0.0826. The van der Waals surface area contributed by atoms with Crippen LogP contribution in [0.4, 0.5) is 0 Å². The van der Waals surface area contributed by atoms with Gasteiger partial charge in [-0.05, 0) is 36.4 Å². The van der Waals surface area contributed by atoms with E-state index in [1.165, 1.54) is 19.2 Å². The Hall–Kier alpha value is -1.90. The van der Waals surface area contributed by atoms with E-state index in [1.807, 2.05) is 0 Å². The molecule has 0 aromatic heterocycles. The van der Waals surface area contributed by atoms with E-state index in [2.05, 4.69) is 26.0 Å². The van der Waals surface area contributed by atoms with Gasteiger partial charge < -0.3 is 10.1 Å². The molecule has 0 aliphatic rings. The van der Waals surface area contributed by atoms with Crippen LogP contribution in [0.25, 0.3) is 0 Å². The lowest BCUT2D eigenvalue weighted by molar-refractivity contribution is 0.0951. The van der Waals surface area contributed by atoms with Crippen molar-refractivity contribution in [1.29, 1.82) is 0 Å². The molecular weight excluding hydrogens is 396 g/mol. The van der Waals surface area contributed by atoms with Crippen LogP contribution in [0, 0.1) is 0 Å². The number of carbonyl (C=O) groups excluding carboxylic acids is 1. The lowest BCUT2D eigenvalue weighted by Crippen LogP contribution is -2.34. The first kappa shape index (κ1) is 18.4. The van der Waals surface area contributed by atoms with Crippen LogP contribution in [0.5, 0.6) is 5.75 Å². The monoisotopic (exact) mass is 412 g/mol.